The van der Waals surface area contributed by atoms with E-state index in [0.717, 1.165) is 87.8 Å². The molecule has 0 aliphatic heterocycles. The van der Waals surface area contributed by atoms with Gasteiger partial charge in [0.05, 0.1) is 52.7 Å². The molecular weight excluding hydrogens is 1540 g/mol. The predicted molar refractivity (Wildman–Crippen MR) is 361 cm³/mol. The van der Waals surface area contributed by atoms with E-state index in [1.165, 1.54) is 82.6 Å². The third-order valence-corrected chi connectivity index (χ3v) is 21.5. The molecule has 0 aliphatic rings. The standard InChI is InChI=1S/2C18H15BrF3N3OS3.C11H9BrO2S2.C7H8F3N3S/c2*1-3-27-15-10-5-4-9(19)6-13(10)28-16(15)17(26)25(2)12-8-24-14(7-11(12)23)29-18(20,21)22;1-2-15-9-7-4-3-6(12)5-8(7)16-10(9)11(13)14;1-12-5-3-13-6(2-4(5)11)14-7(8,9)10/h2*4-8H,3H2,1-2H3,(H2,23,24);3-5H,2H2,1H3,(H,13,14);2-3,12H,1H3,(H2,11,13). The second-order valence-corrected chi connectivity index (χ2v) is 30.2. The highest BCUT2D eigenvalue weighted by Crippen LogP contribution is 2.45. The largest absolute Gasteiger partial charge is 0.477 e. The summed E-state index contributed by atoms with van der Waals surface area (Å²) in [7, 11) is 4.68. The molecule has 88 heavy (non-hydrogen) atoms. The van der Waals surface area contributed by atoms with Crippen LogP contribution >= 0.6 is 152 Å². The Morgan fingerprint density at radius 3 is 1.11 bits per heavy atom. The lowest BCUT2D eigenvalue weighted by molar-refractivity contribution is -0.0338. The molecule has 0 saturated carbocycles. The number of rotatable bonds is 15. The van der Waals surface area contributed by atoms with Gasteiger partial charge in [0.15, 0.2) is 0 Å². The van der Waals surface area contributed by atoms with Gasteiger partial charge in [-0.2, -0.15) is 39.5 Å². The zero-order chi connectivity index (χ0) is 65.2. The number of fused-ring (bicyclic) bond motifs is 3. The maximum Gasteiger partial charge on any atom is 0.447 e. The molecule has 0 radical (unpaired) electrons. The molecule has 6 aromatic heterocycles. The van der Waals surface area contributed by atoms with Crippen LogP contribution in [0.1, 0.15) is 49.8 Å². The maximum atomic E-state index is 13.2. The van der Waals surface area contributed by atoms with Gasteiger partial charge >= 0.3 is 22.5 Å². The molecule has 3 aromatic carbocycles. The first-order valence-corrected chi connectivity index (χ1v) is 35.1. The summed E-state index contributed by atoms with van der Waals surface area (Å²) in [6, 6.07) is 21.0. The number of hydrogen-bond donors (Lipinski definition) is 5. The first kappa shape index (κ1) is 72.6. The Hall–Kier alpha value is -4.49. The van der Waals surface area contributed by atoms with Crippen LogP contribution in [-0.2, 0) is 0 Å². The topological polar surface area (TPSA) is 207 Å². The lowest BCUT2D eigenvalue weighted by Gasteiger charge is -2.19. The number of nitrogen functional groups attached to an aromatic ring is 3. The average Bonchev–Trinajstić information content (AvgIpc) is 3.06. The fourth-order valence-corrected chi connectivity index (χ4v) is 17.5. The fourth-order valence-electron chi connectivity index (χ4n) is 7.58. The lowest BCUT2D eigenvalue weighted by Crippen LogP contribution is -2.27. The Bertz CT molecular complexity index is 3820. The zero-order valence-electron chi connectivity index (χ0n) is 46.1. The minimum absolute atomic E-state index is 0.0520. The van der Waals surface area contributed by atoms with Gasteiger partial charge in [-0.3, -0.25) is 9.59 Å². The minimum atomic E-state index is -4.46. The first-order chi connectivity index (χ1) is 41.3. The van der Waals surface area contributed by atoms with Crippen molar-refractivity contribution in [2.75, 3.05) is 70.7 Å². The molecule has 6 heterocycles. The second-order valence-electron chi connectivity index (χ2n) is 17.2. The summed E-state index contributed by atoms with van der Waals surface area (Å²) >= 11 is 18.1. The molecule has 0 unspecified atom stereocenters. The van der Waals surface area contributed by atoms with E-state index in [0.29, 0.717) is 20.3 Å². The summed E-state index contributed by atoms with van der Waals surface area (Å²) in [6.07, 6.45) is 3.65. The number of pyridine rings is 3. The number of carbonyl (C=O) groups excluding carboxylic acids is 2. The number of amides is 2. The third-order valence-electron chi connectivity index (χ3n) is 11.2. The maximum absolute atomic E-state index is 13.2. The molecule has 0 aliphatic carbocycles. The molecule has 9 aromatic rings. The SMILES string of the molecule is CCSc1c(C(=O)N(C)c2cnc(SC(F)(F)F)cc2N)sc2cc(Br)ccc12.CCSc1c(C(=O)N(C)c2cnc(SC(F)(F)F)cc2N)sc2cc(Br)ccc12.CCSc1c(C(=O)O)sc2cc(Br)ccc12.CNc1cnc(SC(F)(F)F)cc1N. The molecule has 2 amide bonds. The van der Waals surface area contributed by atoms with Crippen molar-refractivity contribution in [1.29, 1.82) is 0 Å². The van der Waals surface area contributed by atoms with Gasteiger partial charge in [0, 0.05) is 115 Å². The number of carbonyl (C=O) groups is 3. The number of hydrogen-bond acceptors (Lipinski definition) is 19. The van der Waals surface area contributed by atoms with E-state index >= 15 is 0 Å². The molecule has 0 saturated heterocycles. The summed E-state index contributed by atoms with van der Waals surface area (Å²) < 4.78 is 117. The number of thioether (sulfide) groups is 6. The highest BCUT2D eigenvalue weighted by Gasteiger charge is 2.33. The van der Waals surface area contributed by atoms with Gasteiger partial charge in [-0.25, -0.2) is 19.7 Å². The van der Waals surface area contributed by atoms with Crippen molar-refractivity contribution in [3.63, 3.8) is 0 Å². The summed E-state index contributed by atoms with van der Waals surface area (Å²) in [5.74, 6) is 1.04. The fraction of sp³-hybridized carbons (Fsp3) is 0.222. The monoisotopic (exact) mass is 1580 g/mol. The van der Waals surface area contributed by atoms with Crippen molar-refractivity contribution >= 4 is 235 Å². The molecule has 0 fully saturated rings. The van der Waals surface area contributed by atoms with E-state index < -0.39 is 22.5 Å². The summed E-state index contributed by atoms with van der Waals surface area (Å²) in [5.41, 5.74) is 5.44. The number of benzene rings is 3. The number of alkyl halides is 9. The quantitative estimate of drug-likeness (QED) is 0.0478. The van der Waals surface area contributed by atoms with Crippen LogP contribution in [0.4, 0.5) is 73.6 Å². The van der Waals surface area contributed by atoms with Crippen molar-refractivity contribution in [3.8, 4) is 0 Å². The normalized spacial score (nSPS) is 11.6. The van der Waals surface area contributed by atoms with E-state index in [2.05, 4.69) is 68.1 Å². The van der Waals surface area contributed by atoms with Crippen LogP contribution in [-0.4, -0.2) is 92.8 Å². The number of halogens is 12. The molecule has 8 N–H and O–H groups in total. The second kappa shape index (κ2) is 31.7. The first-order valence-electron chi connectivity index (χ1n) is 24.8. The molecule has 0 spiro atoms. The lowest BCUT2D eigenvalue weighted by atomic mass is 10.2. The third kappa shape index (κ3) is 19.8. The van der Waals surface area contributed by atoms with Crippen LogP contribution in [0.25, 0.3) is 30.3 Å². The summed E-state index contributed by atoms with van der Waals surface area (Å²) in [6.45, 7) is 6.03. The number of nitrogens with two attached hydrogens (primary N) is 3. The molecule has 0 bridgehead atoms. The van der Waals surface area contributed by atoms with E-state index in [1.54, 1.807) is 42.3 Å². The van der Waals surface area contributed by atoms with Crippen molar-refractivity contribution < 1.29 is 59.0 Å². The molecular formula is C54H47Br3F9N9O4S9. The summed E-state index contributed by atoms with van der Waals surface area (Å²) in [4.78, 5) is 55.6. The van der Waals surface area contributed by atoms with Gasteiger partial charge in [-0.05, 0) is 71.9 Å². The van der Waals surface area contributed by atoms with Gasteiger partial charge in [0.2, 0.25) is 0 Å². The number of carboxylic acids is 1. The van der Waals surface area contributed by atoms with Crippen LogP contribution in [0.15, 0.2) is 135 Å². The van der Waals surface area contributed by atoms with E-state index in [9.17, 15) is 53.9 Å². The molecule has 470 valence electrons. The molecule has 9 rings (SSSR count). The molecule has 34 heteroatoms. The number of aromatic carboxylic acids is 1. The van der Waals surface area contributed by atoms with Gasteiger partial charge in [0.1, 0.15) is 29.7 Å². The Balaban J connectivity index is 0.000000196. The molecule has 13 nitrogen and oxygen atoms in total. The summed E-state index contributed by atoms with van der Waals surface area (Å²) in [5, 5.41) is 14.2. The highest BCUT2D eigenvalue weighted by atomic mass is 79.9. The number of thiophene rings is 3. The number of aromatic nitrogens is 3. The predicted octanol–water partition coefficient (Wildman–Crippen LogP) is 20.1. The van der Waals surface area contributed by atoms with Crippen molar-refractivity contribution in [2.45, 2.75) is 67.1 Å². The Morgan fingerprint density at radius 1 is 0.523 bits per heavy atom. The van der Waals surface area contributed by atoms with Crippen molar-refractivity contribution in [1.82, 2.24) is 15.0 Å². The van der Waals surface area contributed by atoms with Gasteiger partial charge in [-0.1, -0.05) is 86.8 Å². The Kier molecular flexibility index (Phi) is 26.1. The van der Waals surface area contributed by atoms with Gasteiger partial charge in [-0.15, -0.1) is 69.3 Å². The van der Waals surface area contributed by atoms with Crippen LogP contribution < -0.4 is 32.3 Å². The van der Waals surface area contributed by atoms with E-state index in [-0.39, 0.29) is 90.6 Å². The number of anilines is 6. The van der Waals surface area contributed by atoms with Gasteiger partial charge in [0.25, 0.3) is 11.8 Å². The smallest absolute Gasteiger partial charge is 0.447 e. The Morgan fingerprint density at radius 2 is 0.830 bits per heavy atom. The van der Waals surface area contributed by atoms with Crippen LogP contribution in [0, 0.1) is 0 Å². The van der Waals surface area contributed by atoms with Crippen molar-refractivity contribution in [3.05, 3.63) is 119 Å². The number of nitrogens with one attached hydrogen (secondary N) is 1. The van der Waals surface area contributed by atoms with Crippen LogP contribution in [0.2, 0.25) is 0 Å². The van der Waals surface area contributed by atoms with E-state index in [4.69, 9.17) is 22.3 Å². The highest BCUT2D eigenvalue weighted by molar-refractivity contribution is 9.11. The average molecular weight is 1590 g/mol. The minimum Gasteiger partial charge on any atom is -0.477 e. The van der Waals surface area contributed by atoms with Crippen LogP contribution in [0.5, 0.6) is 0 Å². The number of nitrogens with zero attached hydrogens (tertiary/aromatic N) is 5. The molecule has 0 atom stereocenters. The van der Waals surface area contributed by atoms with E-state index in [1.807, 2.05) is 75.4 Å². The zero-order valence-corrected chi connectivity index (χ0v) is 58.2. The van der Waals surface area contributed by atoms with Crippen molar-refractivity contribution in [2.24, 2.45) is 0 Å². The number of carboxylic acid groups (broad SMARTS) is 1. The van der Waals surface area contributed by atoms with Crippen LogP contribution in [0.3, 0.4) is 0 Å². The Labute approximate surface area is 560 Å². The van der Waals surface area contributed by atoms with Gasteiger partial charge < -0.3 is 37.4 Å².